The van der Waals surface area contributed by atoms with Crippen molar-refractivity contribution >= 4 is 18.0 Å². The molecule has 0 fully saturated rings. The molecule has 0 saturated heterocycles. The average molecular weight is 203 g/mol. The van der Waals surface area contributed by atoms with Crippen molar-refractivity contribution in [1.29, 1.82) is 0 Å². The van der Waals surface area contributed by atoms with Gasteiger partial charge in [0.1, 0.15) is 11.4 Å². The Morgan fingerprint density at radius 1 is 1.40 bits per heavy atom. The number of allylic oxidation sites excluding steroid dienone is 1. The summed E-state index contributed by atoms with van der Waals surface area (Å²) in [5.41, 5.74) is 1.95. The van der Waals surface area contributed by atoms with Gasteiger partial charge >= 0.3 is 0 Å². The third-order valence-electron chi connectivity index (χ3n) is 3.16. The van der Waals surface area contributed by atoms with Crippen LogP contribution in [0.1, 0.15) is 26.5 Å². The van der Waals surface area contributed by atoms with E-state index < -0.39 is 0 Å². The highest BCUT2D eigenvalue weighted by Crippen LogP contribution is 2.32. The minimum absolute atomic E-state index is 0.0340. The minimum atomic E-state index is 0.0340. The van der Waals surface area contributed by atoms with Gasteiger partial charge in [-0.1, -0.05) is 26.8 Å². The molecule has 3 nitrogen and oxygen atoms in total. The van der Waals surface area contributed by atoms with Gasteiger partial charge in [0.25, 0.3) is 0 Å². The number of nitrogens with zero attached hydrogens (tertiary/aromatic N) is 3. The molecule has 1 unspecified atom stereocenters. The molecule has 0 amide bonds. The summed E-state index contributed by atoms with van der Waals surface area (Å²) in [4.78, 5) is 4.51. The van der Waals surface area contributed by atoms with Crippen molar-refractivity contribution in [2.45, 2.75) is 20.8 Å². The number of hydrogen-bond donors (Lipinski definition) is 0. The highest BCUT2D eigenvalue weighted by molar-refractivity contribution is 5.79. The predicted molar refractivity (Wildman–Crippen MR) is 63.3 cm³/mol. The Bertz CT molecular complexity index is 393. The van der Waals surface area contributed by atoms with Crippen LogP contribution in [0.4, 0.5) is 5.69 Å². The lowest BCUT2D eigenvalue weighted by molar-refractivity contribution is 0.426. The third-order valence-corrected chi connectivity index (χ3v) is 3.16. The fraction of sp³-hybridized carbons (Fsp3) is 0.500. The maximum absolute atomic E-state index is 4.51. The maximum atomic E-state index is 4.51. The number of aryl methyl sites for hydroxylation is 1. The lowest BCUT2D eigenvalue weighted by atomic mass is 9.80. The molecule has 15 heavy (non-hydrogen) atoms. The van der Waals surface area contributed by atoms with E-state index >= 15 is 0 Å². The van der Waals surface area contributed by atoms with Crippen LogP contribution in [0.5, 0.6) is 0 Å². The Hall–Kier alpha value is -1.38. The van der Waals surface area contributed by atoms with Crippen LogP contribution in [-0.2, 0) is 7.05 Å². The van der Waals surface area contributed by atoms with Crippen LogP contribution < -0.4 is 0 Å². The molecule has 0 saturated carbocycles. The number of rotatable bonds is 1. The molecule has 3 heteroatoms. The van der Waals surface area contributed by atoms with Gasteiger partial charge in [-0.15, -0.1) is 0 Å². The standard InChI is InChI=1S/C12H17N3/c1-9(2)12(3)6-5-10-11(13-8-12)7-15(4)14-10/h5-9H,1-4H3. The number of fused-ring (bicyclic) bond motifs is 1. The van der Waals surface area contributed by atoms with E-state index in [1.165, 1.54) is 0 Å². The molecule has 80 valence electrons. The topological polar surface area (TPSA) is 30.2 Å². The van der Waals surface area contributed by atoms with E-state index in [9.17, 15) is 0 Å². The molecular formula is C12H17N3. The molecule has 0 spiro atoms. The molecule has 1 aliphatic heterocycles. The van der Waals surface area contributed by atoms with Crippen molar-refractivity contribution in [3.05, 3.63) is 18.0 Å². The molecule has 1 aliphatic rings. The predicted octanol–water partition coefficient (Wildman–Crippen LogP) is 2.81. The summed E-state index contributed by atoms with van der Waals surface area (Å²) >= 11 is 0. The van der Waals surface area contributed by atoms with E-state index in [0.29, 0.717) is 5.92 Å². The molecule has 0 N–H and O–H groups in total. The molecule has 2 heterocycles. The molecule has 0 aromatic carbocycles. The average Bonchev–Trinajstić information content (AvgIpc) is 2.45. The first-order valence-electron chi connectivity index (χ1n) is 5.29. The first-order chi connectivity index (χ1) is 7.01. The van der Waals surface area contributed by atoms with Crippen molar-refractivity contribution in [2.75, 3.05) is 0 Å². The van der Waals surface area contributed by atoms with Crippen LogP contribution in [0.2, 0.25) is 0 Å². The highest BCUT2D eigenvalue weighted by atomic mass is 15.3. The first-order valence-corrected chi connectivity index (χ1v) is 5.29. The molecule has 0 radical (unpaired) electrons. The van der Waals surface area contributed by atoms with Gasteiger partial charge in [-0.05, 0) is 12.0 Å². The monoisotopic (exact) mass is 203 g/mol. The van der Waals surface area contributed by atoms with Crippen LogP contribution in [0.15, 0.2) is 17.3 Å². The van der Waals surface area contributed by atoms with Crippen molar-refractivity contribution in [1.82, 2.24) is 9.78 Å². The Morgan fingerprint density at radius 2 is 2.13 bits per heavy atom. The summed E-state index contributed by atoms with van der Waals surface area (Å²) in [5, 5.41) is 4.35. The fourth-order valence-electron chi connectivity index (χ4n) is 1.56. The summed E-state index contributed by atoms with van der Waals surface area (Å²) in [5.74, 6) is 0.537. The largest absolute Gasteiger partial charge is 0.273 e. The lowest BCUT2D eigenvalue weighted by Gasteiger charge is -2.24. The Labute approximate surface area is 90.5 Å². The van der Waals surface area contributed by atoms with Gasteiger partial charge in [-0.25, -0.2) is 0 Å². The smallest absolute Gasteiger partial charge is 0.110 e. The Kier molecular flexibility index (Phi) is 2.25. The van der Waals surface area contributed by atoms with Gasteiger partial charge in [0.05, 0.1) is 6.20 Å². The third kappa shape index (κ3) is 1.74. The normalized spacial score (nSPS) is 24.3. The zero-order valence-electron chi connectivity index (χ0n) is 9.73. The molecule has 0 aliphatic carbocycles. The zero-order valence-corrected chi connectivity index (χ0v) is 9.73. The maximum Gasteiger partial charge on any atom is 0.110 e. The van der Waals surface area contributed by atoms with Crippen molar-refractivity contribution in [3.8, 4) is 0 Å². The molecule has 1 atom stereocenters. The number of aliphatic imine (C=N–C) groups is 1. The lowest BCUT2D eigenvalue weighted by Crippen LogP contribution is -2.21. The zero-order chi connectivity index (χ0) is 11.1. The Balaban J connectivity index is 2.43. The van der Waals surface area contributed by atoms with Crippen LogP contribution in [0.3, 0.4) is 0 Å². The van der Waals surface area contributed by atoms with Gasteiger partial charge in [-0.3, -0.25) is 9.67 Å². The number of aromatic nitrogens is 2. The van der Waals surface area contributed by atoms with E-state index in [4.69, 9.17) is 0 Å². The first kappa shape index (κ1) is 10.1. The summed E-state index contributed by atoms with van der Waals surface area (Å²) in [6.07, 6.45) is 8.24. The number of hydrogen-bond acceptors (Lipinski definition) is 2. The van der Waals surface area contributed by atoms with Crippen LogP contribution in [0, 0.1) is 11.3 Å². The van der Waals surface area contributed by atoms with Crippen molar-refractivity contribution < 1.29 is 0 Å². The summed E-state index contributed by atoms with van der Waals surface area (Å²) in [7, 11) is 1.92. The second-order valence-electron chi connectivity index (χ2n) is 4.69. The quantitative estimate of drug-likeness (QED) is 0.690. The Morgan fingerprint density at radius 3 is 2.80 bits per heavy atom. The van der Waals surface area contributed by atoms with E-state index in [-0.39, 0.29) is 5.41 Å². The molecule has 1 aromatic heterocycles. The van der Waals surface area contributed by atoms with E-state index in [1.807, 2.05) is 19.5 Å². The van der Waals surface area contributed by atoms with Crippen LogP contribution in [-0.4, -0.2) is 16.0 Å². The summed E-state index contributed by atoms with van der Waals surface area (Å²) < 4.78 is 1.80. The van der Waals surface area contributed by atoms with E-state index in [2.05, 4.69) is 43.0 Å². The van der Waals surface area contributed by atoms with Crippen LogP contribution in [0.25, 0.3) is 6.08 Å². The molecule has 1 aromatic rings. The summed E-state index contributed by atoms with van der Waals surface area (Å²) in [6.45, 7) is 6.61. The highest BCUT2D eigenvalue weighted by Gasteiger charge is 2.25. The van der Waals surface area contributed by atoms with E-state index in [1.54, 1.807) is 4.68 Å². The van der Waals surface area contributed by atoms with E-state index in [0.717, 1.165) is 11.4 Å². The SMILES string of the molecule is CC(C)C1(C)C=Cc2nn(C)cc2N=C1. The van der Waals surface area contributed by atoms with Gasteiger partial charge in [0, 0.05) is 18.7 Å². The fourth-order valence-corrected chi connectivity index (χ4v) is 1.56. The minimum Gasteiger partial charge on any atom is -0.273 e. The van der Waals surface area contributed by atoms with Gasteiger partial charge in [0.15, 0.2) is 0 Å². The second kappa shape index (κ2) is 3.33. The van der Waals surface area contributed by atoms with Crippen molar-refractivity contribution in [3.63, 3.8) is 0 Å². The van der Waals surface area contributed by atoms with Gasteiger partial charge in [0.2, 0.25) is 0 Å². The van der Waals surface area contributed by atoms with Crippen LogP contribution >= 0.6 is 0 Å². The van der Waals surface area contributed by atoms with Gasteiger partial charge in [-0.2, -0.15) is 5.10 Å². The second-order valence-corrected chi connectivity index (χ2v) is 4.69. The van der Waals surface area contributed by atoms with Gasteiger partial charge < -0.3 is 0 Å². The molecule has 2 rings (SSSR count). The van der Waals surface area contributed by atoms with Crippen molar-refractivity contribution in [2.24, 2.45) is 23.4 Å². The summed E-state index contributed by atoms with van der Waals surface area (Å²) in [6, 6.07) is 0. The molecular weight excluding hydrogens is 186 g/mol. The molecule has 0 bridgehead atoms.